The van der Waals surface area contributed by atoms with Gasteiger partial charge in [0.15, 0.2) is 0 Å². The zero-order chi connectivity index (χ0) is 19.3. The molecule has 3 aliphatic rings. The van der Waals surface area contributed by atoms with Crippen LogP contribution in [-0.4, -0.2) is 17.2 Å². The van der Waals surface area contributed by atoms with Crippen LogP contribution < -0.4 is 4.74 Å². The largest absolute Gasteiger partial charge is 0.423 e. The molecule has 28 heavy (non-hydrogen) atoms. The van der Waals surface area contributed by atoms with Crippen molar-refractivity contribution >= 4 is 5.97 Å². The third kappa shape index (κ3) is 2.79. The molecule has 3 aliphatic carbocycles. The molecule has 0 aromatic heterocycles. The average molecular weight is 376 g/mol. The van der Waals surface area contributed by atoms with Gasteiger partial charge in [0.05, 0.1) is 11.7 Å². The van der Waals surface area contributed by atoms with Crippen LogP contribution in [0.2, 0.25) is 0 Å². The summed E-state index contributed by atoms with van der Waals surface area (Å²) >= 11 is 0. The summed E-state index contributed by atoms with van der Waals surface area (Å²) in [6, 6.07) is 15.4. The Morgan fingerprint density at radius 1 is 1.07 bits per heavy atom. The Bertz CT molecular complexity index is 890. The fourth-order valence-electron chi connectivity index (χ4n) is 6.33. The van der Waals surface area contributed by atoms with E-state index in [0.29, 0.717) is 29.1 Å². The van der Waals surface area contributed by atoms with Gasteiger partial charge in [-0.1, -0.05) is 31.2 Å². The number of carbonyl (C=O) groups is 1. The first-order valence-electron chi connectivity index (χ1n) is 10.6. The maximum absolute atomic E-state index is 12.4. The molecule has 0 heterocycles. The topological polar surface area (TPSA) is 46.5 Å². The van der Waals surface area contributed by atoms with Crippen molar-refractivity contribution in [2.75, 3.05) is 0 Å². The van der Waals surface area contributed by atoms with Crippen molar-refractivity contribution in [3.05, 3.63) is 65.2 Å². The summed E-state index contributed by atoms with van der Waals surface area (Å²) in [6.07, 6.45) is 6.50. The predicted octanol–water partition coefficient (Wildman–Crippen LogP) is 5.12. The van der Waals surface area contributed by atoms with Gasteiger partial charge < -0.3 is 9.84 Å². The molecule has 0 aliphatic heterocycles. The van der Waals surface area contributed by atoms with E-state index in [1.165, 1.54) is 24.0 Å². The maximum atomic E-state index is 12.4. The van der Waals surface area contributed by atoms with Crippen LogP contribution in [0.15, 0.2) is 48.5 Å². The quantitative estimate of drug-likeness (QED) is 0.584. The number of aliphatic hydroxyl groups is 1. The monoisotopic (exact) mass is 376 g/mol. The molecule has 2 fully saturated rings. The van der Waals surface area contributed by atoms with Crippen molar-refractivity contribution in [1.29, 1.82) is 0 Å². The molecule has 1 N–H and O–H groups in total. The number of ether oxygens (including phenoxy) is 1. The van der Waals surface area contributed by atoms with Crippen LogP contribution in [0.4, 0.5) is 0 Å². The third-order valence-corrected chi connectivity index (χ3v) is 7.87. The van der Waals surface area contributed by atoms with Gasteiger partial charge in [-0.3, -0.25) is 0 Å². The van der Waals surface area contributed by atoms with E-state index in [0.717, 1.165) is 25.7 Å². The number of hydrogen-bond donors (Lipinski definition) is 1. The predicted molar refractivity (Wildman–Crippen MR) is 108 cm³/mol. The van der Waals surface area contributed by atoms with Crippen molar-refractivity contribution in [1.82, 2.24) is 0 Å². The SMILES string of the molecule is C[C@]12CC[C@@H]3c4ccc(OC(=O)c5ccccc5)cc4CC[C@H]3[C@@H]1CC[C@H]2O. The molecule has 0 amide bonds. The molecule has 5 rings (SSSR count). The highest BCUT2D eigenvalue weighted by atomic mass is 16.5. The molecule has 2 saturated carbocycles. The van der Waals surface area contributed by atoms with E-state index in [2.05, 4.69) is 19.1 Å². The number of esters is 1. The smallest absolute Gasteiger partial charge is 0.343 e. The first kappa shape index (κ1) is 17.9. The van der Waals surface area contributed by atoms with Gasteiger partial charge in [-0.15, -0.1) is 0 Å². The van der Waals surface area contributed by atoms with Crippen LogP contribution >= 0.6 is 0 Å². The summed E-state index contributed by atoms with van der Waals surface area (Å²) in [7, 11) is 0. The van der Waals surface area contributed by atoms with E-state index in [-0.39, 0.29) is 17.5 Å². The first-order valence-corrected chi connectivity index (χ1v) is 10.6. The molecule has 146 valence electrons. The maximum Gasteiger partial charge on any atom is 0.343 e. The fraction of sp³-hybridized carbons (Fsp3) is 0.480. The highest BCUT2D eigenvalue weighted by molar-refractivity contribution is 5.91. The zero-order valence-corrected chi connectivity index (χ0v) is 16.4. The molecule has 3 heteroatoms. The minimum Gasteiger partial charge on any atom is -0.423 e. The second-order valence-corrected chi connectivity index (χ2v) is 9.17. The molecule has 0 unspecified atom stereocenters. The van der Waals surface area contributed by atoms with E-state index in [4.69, 9.17) is 4.74 Å². The van der Waals surface area contributed by atoms with E-state index in [9.17, 15) is 9.90 Å². The lowest BCUT2D eigenvalue weighted by Gasteiger charge is -2.50. The number of hydrogen-bond acceptors (Lipinski definition) is 3. The lowest BCUT2D eigenvalue weighted by molar-refractivity contribution is -0.0226. The van der Waals surface area contributed by atoms with Crippen molar-refractivity contribution < 1.29 is 14.6 Å². The Morgan fingerprint density at radius 2 is 1.89 bits per heavy atom. The Kier molecular flexibility index (Phi) is 4.31. The summed E-state index contributed by atoms with van der Waals surface area (Å²) in [5, 5.41) is 10.5. The van der Waals surface area contributed by atoms with Crippen LogP contribution in [-0.2, 0) is 6.42 Å². The van der Waals surface area contributed by atoms with Crippen molar-refractivity contribution in [3.63, 3.8) is 0 Å². The van der Waals surface area contributed by atoms with Gasteiger partial charge in [0, 0.05) is 0 Å². The number of carbonyl (C=O) groups excluding carboxylic acids is 1. The van der Waals surface area contributed by atoms with E-state index in [1.807, 2.05) is 24.3 Å². The summed E-state index contributed by atoms with van der Waals surface area (Å²) in [6.45, 7) is 2.31. The number of fused-ring (bicyclic) bond motifs is 5. The summed E-state index contributed by atoms with van der Waals surface area (Å²) in [5.41, 5.74) is 3.47. The van der Waals surface area contributed by atoms with Crippen LogP contribution in [0, 0.1) is 17.3 Å². The number of rotatable bonds is 2. The van der Waals surface area contributed by atoms with Gasteiger partial charge >= 0.3 is 5.97 Å². The summed E-state index contributed by atoms with van der Waals surface area (Å²) < 4.78 is 5.63. The molecule has 2 aromatic carbocycles. The van der Waals surface area contributed by atoms with Crippen LogP contribution in [0.5, 0.6) is 5.75 Å². The first-order chi connectivity index (χ1) is 13.6. The van der Waals surface area contributed by atoms with Gasteiger partial charge in [-0.05, 0) is 97.1 Å². The highest BCUT2D eigenvalue weighted by Gasteiger charge is 2.54. The number of aryl methyl sites for hydroxylation is 1. The molecule has 0 bridgehead atoms. The minimum absolute atomic E-state index is 0.115. The molecule has 2 aromatic rings. The van der Waals surface area contributed by atoms with Gasteiger partial charge in [0.2, 0.25) is 0 Å². The van der Waals surface area contributed by atoms with Crippen molar-refractivity contribution in [3.8, 4) is 5.75 Å². The third-order valence-electron chi connectivity index (χ3n) is 7.87. The molecule has 0 radical (unpaired) electrons. The molecule has 5 atom stereocenters. The van der Waals surface area contributed by atoms with Crippen LogP contribution in [0.3, 0.4) is 0 Å². The molecule has 0 spiro atoms. The fourth-order valence-corrected chi connectivity index (χ4v) is 6.33. The number of aliphatic hydroxyl groups excluding tert-OH is 1. The molecule has 0 saturated heterocycles. The molecular weight excluding hydrogens is 348 g/mol. The Morgan fingerprint density at radius 3 is 2.71 bits per heavy atom. The van der Waals surface area contributed by atoms with Crippen LogP contribution in [0.1, 0.15) is 66.4 Å². The van der Waals surface area contributed by atoms with E-state index in [1.54, 1.807) is 12.1 Å². The van der Waals surface area contributed by atoms with Crippen LogP contribution in [0.25, 0.3) is 0 Å². The highest BCUT2D eigenvalue weighted by Crippen LogP contribution is 2.60. The van der Waals surface area contributed by atoms with Gasteiger partial charge in [-0.25, -0.2) is 4.79 Å². The summed E-state index contributed by atoms with van der Waals surface area (Å²) in [5.74, 6) is 2.25. The molecule has 3 nitrogen and oxygen atoms in total. The standard InChI is InChI=1S/C25H28O3/c1-25-14-13-20-19-10-8-18(28-24(27)16-5-3-2-4-6-16)15-17(19)7-9-21(20)22(25)11-12-23(25)26/h2-6,8,10,15,20-23,26H,7,9,11-14H2,1H3/t20-,21-,22+,23-,25+/m1/s1. The molecular formula is C25H28O3. The van der Waals surface area contributed by atoms with E-state index < -0.39 is 0 Å². The van der Waals surface area contributed by atoms with Crippen molar-refractivity contribution in [2.24, 2.45) is 17.3 Å². The Labute approximate surface area is 166 Å². The zero-order valence-electron chi connectivity index (χ0n) is 16.4. The van der Waals surface area contributed by atoms with Crippen molar-refractivity contribution in [2.45, 2.75) is 57.5 Å². The average Bonchev–Trinajstić information content (AvgIpc) is 3.03. The lowest BCUT2D eigenvalue weighted by Crippen LogP contribution is -2.43. The Balaban J connectivity index is 1.37. The minimum atomic E-state index is -0.303. The second kappa shape index (κ2) is 6.73. The second-order valence-electron chi connectivity index (χ2n) is 9.17. The lowest BCUT2D eigenvalue weighted by atomic mass is 9.55. The van der Waals surface area contributed by atoms with Gasteiger partial charge in [0.25, 0.3) is 0 Å². The summed E-state index contributed by atoms with van der Waals surface area (Å²) in [4.78, 5) is 12.4. The van der Waals surface area contributed by atoms with E-state index >= 15 is 0 Å². The van der Waals surface area contributed by atoms with Gasteiger partial charge in [0.1, 0.15) is 5.75 Å². The normalized spacial score (nSPS) is 33.5. The number of benzene rings is 2. The van der Waals surface area contributed by atoms with Gasteiger partial charge in [-0.2, -0.15) is 0 Å². The Hall–Kier alpha value is -2.13.